The molecule has 8 heteroatoms. The molecule has 0 bridgehead atoms. The Morgan fingerprint density at radius 2 is 1.64 bits per heavy atom. The molecule has 1 saturated heterocycles. The third-order valence-corrected chi connectivity index (χ3v) is 4.75. The minimum absolute atomic E-state index is 0.0765. The van der Waals surface area contributed by atoms with Gasteiger partial charge in [0, 0.05) is 44.1 Å². The molecule has 148 valence electrons. The van der Waals surface area contributed by atoms with E-state index in [1.165, 1.54) is 24.3 Å². The predicted molar refractivity (Wildman–Crippen MR) is 103 cm³/mol. The van der Waals surface area contributed by atoms with E-state index in [0.717, 1.165) is 0 Å². The summed E-state index contributed by atoms with van der Waals surface area (Å²) in [6.45, 7) is 6.11. The van der Waals surface area contributed by atoms with E-state index in [1.54, 1.807) is 23.4 Å². The van der Waals surface area contributed by atoms with Crippen LogP contribution in [0.2, 0.25) is 0 Å². The second-order valence-corrected chi connectivity index (χ2v) is 7.06. The number of anilines is 1. The normalized spacial score (nSPS) is 15.4. The van der Waals surface area contributed by atoms with Crippen molar-refractivity contribution in [3.8, 4) is 0 Å². The molecule has 1 aliphatic heterocycles. The van der Waals surface area contributed by atoms with Crippen LogP contribution in [0.3, 0.4) is 0 Å². The highest BCUT2D eigenvalue weighted by atomic mass is 19.1. The summed E-state index contributed by atoms with van der Waals surface area (Å²) in [4.78, 5) is 37.7. The lowest BCUT2D eigenvalue weighted by molar-refractivity contribution is -0.134. The van der Waals surface area contributed by atoms with Crippen LogP contribution in [0.4, 0.5) is 10.3 Å². The van der Waals surface area contributed by atoms with Crippen molar-refractivity contribution in [3.63, 3.8) is 0 Å². The first kappa shape index (κ1) is 19.7. The van der Waals surface area contributed by atoms with Crippen LogP contribution in [0.1, 0.15) is 24.2 Å². The van der Waals surface area contributed by atoms with Gasteiger partial charge in [0.2, 0.25) is 11.9 Å². The van der Waals surface area contributed by atoms with Crippen LogP contribution in [0, 0.1) is 11.7 Å². The average Bonchev–Trinajstić information content (AvgIpc) is 2.72. The van der Waals surface area contributed by atoms with Crippen molar-refractivity contribution in [1.82, 2.24) is 20.2 Å². The smallest absolute Gasteiger partial charge is 0.251 e. The fraction of sp³-hybridized carbons (Fsp3) is 0.400. The van der Waals surface area contributed by atoms with E-state index in [2.05, 4.69) is 15.3 Å². The Hall–Kier alpha value is -3.03. The summed E-state index contributed by atoms with van der Waals surface area (Å²) in [6, 6.07) is 6.39. The number of halogens is 1. The van der Waals surface area contributed by atoms with Crippen molar-refractivity contribution < 1.29 is 14.0 Å². The van der Waals surface area contributed by atoms with Crippen molar-refractivity contribution in [1.29, 1.82) is 0 Å². The minimum atomic E-state index is -0.642. The van der Waals surface area contributed by atoms with E-state index < -0.39 is 11.9 Å². The van der Waals surface area contributed by atoms with Gasteiger partial charge in [-0.1, -0.05) is 13.8 Å². The first-order chi connectivity index (χ1) is 13.5. The molecule has 3 rings (SSSR count). The number of nitrogens with one attached hydrogen (secondary N) is 1. The topological polar surface area (TPSA) is 78.4 Å². The van der Waals surface area contributed by atoms with Crippen LogP contribution < -0.4 is 10.2 Å². The number of benzene rings is 1. The molecule has 0 aliphatic carbocycles. The van der Waals surface area contributed by atoms with Gasteiger partial charge in [0.1, 0.15) is 11.9 Å². The molecule has 7 nitrogen and oxygen atoms in total. The summed E-state index contributed by atoms with van der Waals surface area (Å²) in [5.41, 5.74) is 0.325. The third-order valence-electron chi connectivity index (χ3n) is 4.75. The summed E-state index contributed by atoms with van der Waals surface area (Å²) in [7, 11) is 0. The molecule has 1 aromatic carbocycles. The van der Waals surface area contributed by atoms with Gasteiger partial charge in [0.15, 0.2) is 0 Å². The molecule has 1 N–H and O–H groups in total. The highest BCUT2D eigenvalue weighted by Gasteiger charge is 2.31. The van der Waals surface area contributed by atoms with Gasteiger partial charge in [0.25, 0.3) is 5.91 Å². The van der Waals surface area contributed by atoms with Crippen molar-refractivity contribution in [2.24, 2.45) is 5.92 Å². The van der Waals surface area contributed by atoms with Crippen molar-refractivity contribution >= 4 is 17.8 Å². The molecule has 0 saturated carbocycles. The lowest BCUT2D eigenvalue weighted by Gasteiger charge is -2.37. The maximum Gasteiger partial charge on any atom is 0.251 e. The lowest BCUT2D eigenvalue weighted by atomic mass is 10.0. The van der Waals surface area contributed by atoms with E-state index in [1.807, 2.05) is 18.7 Å². The zero-order valence-electron chi connectivity index (χ0n) is 16.0. The molecule has 0 spiro atoms. The maximum absolute atomic E-state index is 13.1. The number of nitrogens with zero attached hydrogens (tertiary/aromatic N) is 4. The highest BCUT2D eigenvalue weighted by Crippen LogP contribution is 2.14. The van der Waals surface area contributed by atoms with E-state index in [-0.39, 0.29) is 17.7 Å². The summed E-state index contributed by atoms with van der Waals surface area (Å²) < 4.78 is 13.1. The Balaban J connectivity index is 1.62. The molecule has 2 heterocycles. The van der Waals surface area contributed by atoms with Crippen molar-refractivity contribution in [3.05, 3.63) is 54.1 Å². The van der Waals surface area contributed by atoms with Crippen LogP contribution in [0.5, 0.6) is 0 Å². The Morgan fingerprint density at radius 3 is 2.21 bits per heavy atom. The Morgan fingerprint density at radius 1 is 1.04 bits per heavy atom. The SMILES string of the molecule is CC(C)C(NC(=O)c1ccc(F)cc1)C(=O)N1CCN(c2ncccn2)CC1. The van der Waals surface area contributed by atoms with Crippen LogP contribution in [-0.4, -0.2) is 58.9 Å². The minimum Gasteiger partial charge on any atom is -0.340 e. The Kier molecular flexibility index (Phi) is 6.18. The van der Waals surface area contributed by atoms with Gasteiger partial charge in [-0.05, 0) is 36.2 Å². The van der Waals surface area contributed by atoms with E-state index in [9.17, 15) is 14.0 Å². The first-order valence-electron chi connectivity index (χ1n) is 9.33. The fourth-order valence-corrected chi connectivity index (χ4v) is 3.12. The quantitative estimate of drug-likeness (QED) is 0.848. The van der Waals surface area contributed by atoms with Crippen LogP contribution in [0.15, 0.2) is 42.7 Å². The highest BCUT2D eigenvalue weighted by molar-refractivity contribution is 5.97. The zero-order chi connectivity index (χ0) is 20.1. The molecular formula is C20H24FN5O2. The van der Waals surface area contributed by atoms with Gasteiger partial charge >= 0.3 is 0 Å². The van der Waals surface area contributed by atoms with Gasteiger partial charge in [-0.3, -0.25) is 9.59 Å². The number of piperazine rings is 1. The van der Waals surface area contributed by atoms with E-state index in [0.29, 0.717) is 37.7 Å². The maximum atomic E-state index is 13.1. The lowest BCUT2D eigenvalue weighted by Crippen LogP contribution is -2.56. The van der Waals surface area contributed by atoms with Gasteiger partial charge < -0.3 is 15.1 Å². The standard InChI is InChI=1S/C20H24FN5O2/c1-14(2)17(24-18(27)15-4-6-16(21)7-5-15)19(28)25-10-12-26(13-11-25)20-22-8-3-9-23-20/h3-9,14,17H,10-13H2,1-2H3,(H,24,27). The summed E-state index contributed by atoms with van der Waals surface area (Å²) in [5.74, 6) is -0.331. The van der Waals surface area contributed by atoms with Crippen molar-refractivity contribution in [2.45, 2.75) is 19.9 Å². The molecule has 2 amide bonds. The average molecular weight is 385 g/mol. The number of amides is 2. The molecule has 1 aliphatic rings. The molecule has 1 atom stereocenters. The molecule has 2 aromatic rings. The molecule has 1 aromatic heterocycles. The molecule has 1 fully saturated rings. The van der Waals surface area contributed by atoms with Crippen molar-refractivity contribution in [2.75, 3.05) is 31.1 Å². The van der Waals surface area contributed by atoms with Crippen LogP contribution >= 0.6 is 0 Å². The van der Waals surface area contributed by atoms with Gasteiger partial charge in [-0.15, -0.1) is 0 Å². The van der Waals surface area contributed by atoms with Crippen LogP contribution in [-0.2, 0) is 4.79 Å². The predicted octanol–water partition coefficient (Wildman–Crippen LogP) is 1.72. The second kappa shape index (κ2) is 8.77. The monoisotopic (exact) mass is 385 g/mol. The number of carbonyl (C=O) groups is 2. The molecule has 28 heavy (non-hydrogen) atoms. The molecular weight excluding hydrogens is 361 g/mol. The largest absolute Gasteiger partial charge is 0.340 e. The Bertz CT molecular complexity index is 805. The third kappa shape index (κ3) is 4.62. The van der Waals surface area contributed by atoms with Gasteiger partial charge in [0.05, 0.1) is 0 Å². The Labute approximate surface area is 163 Å². The van der Waals surface area contributed by atoms with Gasteiger partial charge in [-0.2, -0.15) is 0 Å². The number of rotatable bonds is 5. The summed E-state index contributed by atoms with van der Waals surface area (Å²) in [5, 5.41) is 2.80. The van der Waals surface area contributed by atoms with Gasteiger partial charge in [-0.25, -0.2) is 14.4 Å². The number of aromatic nitrogens is 2. The number of hydrogen-bond donors (Lipinski definition) is 1. The summed E-state index contributed by atoms with van der Waals surface area (Å²) >= 11 is 0. The first-order valence-corrected chi connectivity index (χ1v) is 9.33. The fourth-order valence-electron chi connectivity index (χ4n) is 3.12. The number of carbonyl (C=O) groups excluding carboxylic acids is 2. The summed E-state index contributed by atoms with van der Waals surface area (Å²) in [6.07, 6.45) is 3.39. The van der Waals surface area contributed by atoms with Crippen LogP contribution in [0.25, 0.3) is 0 Å². The molecule has 1 unspecified atom stereocenters. The van der Waals surface area contributed by atoms with E-state index in [4.69, 9.17) is 0 Å². The second-order valence-electron chi connectivity index (χ2n) is 7.06. The zero-order valence-corrected chi connectivity index (χ0v) is 16.0. The molecule has 0 radical (unpaired) electrons. The van der Waals surface area contributed by atoms with E-state index >= 15 is 0 Å². The number of hydrogen-bond acceptors (Lipinski definition) is 5.